The average molecular weight is 428 g/mol. The second kappa shape index (κ2) is 7.53. The smallest absolute Gasteiger partial charge is 0.379 e. The second-order valence-electron chi connectivity index (χ2n) is 6.22. The van der Waals surface area contributed by atoms with E-state index in [-0.39, 0.29) is 39.5 Å². The lowest BCUT2D eigenvalue weighted by molar-refractivity contribution is -0.114. The summed E-state index contributed by atoms with van der Waals surface area (Å²) in [7, 11) is 1.38. The van der Waals surface area contributed by atoms with Crippen molar-refractivity contribution in [1.82, 2.24) is 5.06 Å². The molecule has 0 fully saturated rings. The molecule has 2 aromatic rings. The lowest BCUT2D eigenvalue weighted by Gasteiger charge is -2.23. The topological polar surface area (TPSA) is 114 Å². The normalized spacial score (nSPS) is 16.8. The number of hydroxylamine groups is 2. The molecule has 0 bridgehead atoms. The molecule has 0 spiro atoms. The van der Waals surface area contributed by atoms with Gasteiger partial charge in [-0.15, -0.1) is 5.06 Å². The largest absolute Gasteiger partial charge is 0.493 e. The number of halogens is 1. The van der Waals surface area contributed by atoms with Crippen LogP contribution < -0.4 is 9.47 Å². The van der Waals surface area contributed by atoms with E-state index in [1.54, 1.807) is 19.1 Å². The van der Waals surface area contributed by atoms with E-state index in [9.17, 15) is 9.59 Å². The Morgan fingerprint density at radius 3 is 2.87 bits per heavy atom. The Bertz CT molecular complexity index is 1160. The van der Waals surface area contributed by atoms with Gasteiger partial charge in [-0.3, -0.25) is 10.2 Å². The number of methoxy groups -OCH3 is 1. The molecular formula is C20H14ClN3O6. The molecule has 4 rings (SSSR count). The molecule has 2 aliphatic heterocycles. The summed E-state index contributed by atoms with van der Waals surface area (Å²) in [5.41, 5.74) is 0.436. The van der Waals surface area contributed by atoms with Crippen LogP contribution >= 0.6 is 11.6 Å². The SMILES string of the molecule is COc1cc(/C=C2/C(=N)N3OC(C)=CC3=NC2=O)cc(Cl)c1OC(=O)c1ccco1. The molecule has 0 unspecified atom stereocenters. The van der Waals surface area contributed by atoms with Crippen molar-refractivity contribution in [3.8, 4) is 11.5 Å². The van der Waals surface area contributed by atoms with Gasteiger partial charge in [-0.1, -0.05) is 11.6 Å². The third-order valence-electron chi connectivity index (χ3n) is 4.16. The number of hydrogen-bond acceptors (Lipinski definition) is 7. The van der Waals surface area contributed by atoms with E-state index in [0.717, 1.165) is 5.06 Å². The number of hydrogen-bond donors (Lipinski definition) is 1. The Kier molecular flexibility index (Phi) is 4.88. The molecule has 1 N–H and O–H groups in total. The number of rotatable bonds is 4. The van der Waals surface area contributed by atoms with Crippen molar-refractivity contribution in [2.45, 2.75) is 6.92 Å². The van der Waals surface area contributed by atoms with Gasteiger partial charge in [0.2, 0.25) is 5.76 Å². The van der Waals surface area contributed by atoms with E-state index in [0.29, 0.717) is 11.3 Å². The van der Waals surface area contributed by atoms with Gasteiger partial charge in [0.05, 0.1) is 24.0 Å². The minimum atomic E-state index is -0.744. The standard InChI is InChI=1S/C20H14ClN3O6/c1-10-6-16-23-19(25)12(18(22)24(16)30-10)7-11-8-13(21)17(15(9-11)27-2)29-20(26)14-4-3-5-28-14/h3-9,22H,1-2H3/b12-7-,22-18?. The molecule has 30 heavy (non-hydrogen) atoms. The Morgan fingerprint density at radius 1 is 1.37 bits per heavy atom. The van der Waals surface area contributed by atoms with Gasteiger partial charge in [0.15, 0.2) is 23.2 Å². The molecule has 3 heterocycles. The maximum absolute atomic E-state index is 12.4. The van der Waals surface area contributed by atoms with Crippen molar-refractivity contribution >= 4 is 41.2 Å². The number of carbonyl (C=O) groups excluding carboxylic acids is 2. The van der Waals surface area contributed by atoms with Crippen molar-refractivity contribution in [1.29, 1.82) is 5.41 Å². The molecule has 10 heteroatoms. The van der Waals surface area contributed by atoms with Crippen molar-refractivity contribution in [3.63, 3.8) is 0 Å². The Morgan fingerprint density at radius 2 is 2.17 bits per heavy atom. The number of furan rings is 1. The van der Waals surface area contributed by atoms with Crippen LogP contribution in [0.2, 0.25) is 5.02 Å². The summed E-state index contributed by atoms with van der Waals surface area (Å²) in [5.74, 6) is -0.588. The molecule has 0 saturated heterocycles. The van der Waals surface area contributed by atoms with Crippen LogP contribution in [0.15, 0.2) is 57.3 Å². The van der Waals surface area contributed by atoms with Crippen LogP contribution in [0.1, 0.15) is 23.0 Å². The number of nitrogens with zero attached hydrogens (tertiary/aromatic N) is 2. The van der Waals surface area contributed by atoms with E-state index in [1.807, 2.05) is 0 Å². The van der Waals surface area contributed by atoms with Crippen molar-refractivity contribution in [3.05, 3.63) is 64.3 Å². The van der Waals surface area contributed by atoms with E-state index < -0.39 is 11.9 Å². The highest BCUT2D eigenvalue weighted by atomic mass is 35.5. The molecule has 1 amide bonds. The zero-order chi connectivity index (χ0) is 21.4. The van der Waals surface area contributed by atoms with Crippen molar-refractivity contribution < 1.29 is 28.3 Å². The summed E-state index contributed by atoms with van der Waals surface area (Å²) in [6, 6.07) is 5.98. The fraction of sp³-hybridized carbons (Fsp3) is 0.100. The summed E-state index contributed by atoms with van der Waals surface area (Å²) >= 11 is 6.29. The summed E-state index contributed by atoms with van der Waals surface area (Å²) < 4.78 is 15.6. The fourth-order valence-electron chi connectivity index (χ4n) is 2.83. The van der Waals surface area contributed by atoms with Crippen molar-refractivity contribution in [2.75, 3.05) is 7.11 Å². The number of amidine groups is 2. The first-order chi connectivity index (χ1) is 14.4. The molecule has 0 radical (unpaired) electrons. The summed E-state index contributed by atoms with van der Waals surface area (Å²) in [4.78, 5) is 33.9. The number of ether oxygens (including phenoxy) is 2. The van der Waals surface area contributed by atoms with Crippen LogP contribution in [0.3, 0.4) is 0 Å². The van der Waals surface area contributed by atoms with Gasteiger partial charge in [0, 0.05) is 6.08 Å². The zero-order valence-electron chi connectivity index (χ0n) is 15.8. The highest BCUT2D eigenvalue weighted by Crippen LogP contribution is 2.38. The molecular weight excluding hydrogens is 414 g/mol. The fourth-order valence-corrected chi connectivity index (χ4v) is 3.08. The van der Waals surface area contributed by atoms with Crippen LogP contribution in [-0.4, -0.2) is 35.7 Å². The van der Waals surface area contributed by atoms with E-state index in [1.165, 1.54) is 37.6 Å². The third kappa shape index (κ3) is 3.46. The number of benzene rings is 1. The van der Waals surface area contributed by atoms with Gasteiger partial charge >= 0.3 is 5.97 Å². The Hall–Kier alpha value is -3.85. The molecule has 152 valence electrons. The summed E-state index contributed by atoms with van der Waals surface area (Å²) in [6.45, 7) is 1.69. The number of aliphatic imine (C=N–C) groups is 1. The number of fused-ring (bicyclic) bond motifs is 1. The maximum atomic E-state index is 12.4. The van der Waals surface area contributed by atoms with Gasteiger partial charge in [0.1, 0.15) is 5.76 Å². The average Bonchev–Trinajstić information content (AvgIpc) is 3.36. The number of amides is 1. The molecule has 2 aliphatic rings. The Balaban J connectivity index is 1.66. The van der Waals surface area contributed by atoms with Gasteiger partial charge < -0.3 is 18.7 Å². The van der Waals surface area contributed by atoms with Crippen molar-refractivity contribution in [2.24, 2.45) is 4.99 Å². The first kappa shape index (κ1) is 19.5. The van der Waals surface area contributed by atoms with Gasteiger partial charge in [-0.05, 0) is 42.8 Å². The Labute approximate surface area is 175 Å². The second-order valence-corrected chi connectivity index (χ2v) is 6.63. The molecule has 0 atom stereocenters. The number of allylic oxidation sites excluding steroid dienone is 1. The lowest BCUT2D eigenvalue weighted by Crippen LogP contribution is -2.38. The quantitative estimate of drug-likeness (QED) is 0.450. The minimum absolute atomic E-state index is 0.000278. The minimum Gasteiger partial charge on any atom is -0.493 e. The van der Waals surface area contributed by atoms with Crippen LogP contribution in [0.4, 0.5) is 0 Å². The zero-order valence-corrected chi connectivity index (χ0v) is 16.5. The summed E-state index contributed by atoms with van der Waals surface area (Å²) in [5, 5.41) is 9.48. The van der Waals surface area contributed by atoms with E-state index in [2.05, 4.69) is 4.99 Å². The molecule has 1 aromatic heterocycles. The lowest BCUT2D eigenvalue weighted by atomic mass is 10.1. The number of esters is 1. The highest BCUT2D eigenvalue weighted by molar-refractivity contribution is 6.34. The third-order valence-corrected chi connectivity index (χ3v) is 4.44. The van der Waals surface area contributed by atoms with E-state index >= 15 is 0 Å². The first-order valence-corrected chi connectivity index (χ1v) is 8.98. The predicted molar refractivity (Wildman–Crippen MR) is 106 cm³/mol. The van der Waals surface area contributed by atoms with Gasteiger partial charge in [-0.2, -0.15) is 4.99 Å². The van der Waals surface area contributed by atoms with Gasteiger partial charge in [-0.25, -0.2) is 4.79 Å². The highest BCUT2D eigenvalue weighted by Gasteiger charge is 2.34. The molecule has 9 nitrogen and oxygen atoms in total. The van der Waals surface area contributed by atoms with Gasteiger partial charge in [0.25, 0.3) is 5.91 Å². The van der Waals surface area contributed by atoms with Crippen LogP contribution in [-0.2, 0) is 9.63 Å². The van der Waals surface area contributed by atoms with Crippen LogP contribution in [0.25, 0.3) is 6.08 Å². The molecule has 0 saturated carbocycles. The maximum Gasteiger partial charge on any atom is 0.379 e. The first-order valence-electron chi connectivity index (χ1n) is 8.60. The van der Waals surface area contributed by atoms with Crippen LogP contribution in [0, 0.1) is 5.41 Å². The molecule has 0 aliphatic carbocycles. The molecule has 1 aromatic carbocycles. The van der Waals surface area contributed by atoms with E-state index in [4.69, 9.17) is 35.7 Å². The monoisotopic (exact) mass is 427 g/mol. The number of nitrogens with one attached hydrogen (secondary N) is 1. The number of carbonyl (C=O) groups is 2. The van der Waals surface area contributed by atoms with Crippen LogP contribution in [0.5, 0.6) is 11.5 Å². The summed E-state index contributed by atoms with van der Waals surface area (Å²) in [6.07, 6.45) is 4.33. The predicted octanol–water partition coefficient (Wildman–Crippen LogP) is 3.61.